The molecule has 1 saturated carbocycles. The van der Waals surface area contributed by atoms with Crippen molar-refractivity contribution in [1.82, 2.24) is 0 Å². The molecule has 1 fully saturated rings. The summed E-state index contributed by atoms with van der Waals surface area (Å²) in [6.45, 7) is 0.652. The van der Waals surface area contributed by atoms with Crippen LogP contribution < -0.4 is 5.73 Å². The summed E-state index contributed by atoms with van der Waals surface area (Å²) in [7, 11) is -2.51. The molecule has 6 heteroatoms. The molecule has 5 nitrogen and oxygen atoms in total. The van der Waals surface area contributed by atoms with Crippen molar-refractivity contribution in [3.8, 4) is 0 Å². The minimum Gasteiger partial charge on any atom is -0.478 e. The number of unbranched alkanes of at least 4 members (excludes halogenated alkanes) is 3. The highest BCUT2D eigenvalue weighted by atomic mass is 31.1. The molecule has 1 rings (SSSR count). The van der Waals surface area contributed by atoms with Crippen molar-refractivity contribution < 1.29 is 19.4 Å². The SMILES string of the molecule is NCCCCCCC(/C(=C\C1CCCCC1)C(=O)O)[P+](=O)O. The maximum absolute atomic E-state index is 11.6. The Hall–Kier alpha value is -0.770. The first-order valence-corrected chi connectivity index (χ1v) is 9.64. The molecule has 4 N–H and O–H groups in total. The number of hydrogen-bond donors (Lipinski definition) is 3. The van der Waals surface area contributed by atoms with Crippen LogP contribution in [0.15, 0.2) is 11.6 Å². The van der Waals surface area contributed by atoms with Crippen molar-refractivity contribution in [2.75, 3.05) is 6.54 Å². The van der Waals surface area contributed by atoms with E-state index in [4.69, 9.17) is 5.73 Å². The lowest BCUT2D eigenvalue weighted by Crippen LogP contribution is -2.17. The van der Waals surface area contributed by atoms with Gasteiger partial charge in [0.1, 0.15) is 0 Å². The molecular weight excluding hydrogens is 301 g/mol. The molecule has 0 aromatic rings. The second-order valence-electron chi connectivity index (χ2n) is 6.14. The van der Waals surface area contributed by atoms with Gasteiger partial charge in [0.05, 0.1) is 5.57 Å². The van der Waals surface area contributed by atoms with Gasteiger partial charge in [-0.1, -0.05) is 38.2 Å². The third-order valence-electron chi connectivity index (χ3n) is 4.37. The lowest BCUT2D eigenvalue weighted by atomic mass is 9.87. The Kier molecular flexibility index (Phi) is 9.53. The first kappa shape index (κ1) is 19.3. The molecule has 0 bridgehead atoms. The molecule has 1 aliphatic carbocycles. The highest BCUT2D eigenvalue weighted by molar-refractivity contribution is 7.39. The lowest BCUT2D eigenvalue weighted by molar-refractivity contribution is -0.132. The van der Waals surface area contributed by atoms with Crippen LogP contribution in [0.5, 0.6) is 0 Å². The van der Waals surface area contributed by atoms with E-state index in [2.05, 4.69) is 0 Å². The Morgan fingerprint density at radius 3 is 2.36 bits per heavy atom. The van der Waals surface area contributed by atoms with Crippen LogP contribution in [0.4, 0.5) is 0 Å². The number of carboxylic acids is 1. The number of carboxylic acid groups (broad SMARTS) is 1. The number of allylic oxidation sites excluding steroid dienone is 1. The molecule has 0 spiro atoms. The van der Waals surface area contributed by atoms with E-state index in [-0.39, 0.29) is 11.5 Å². The van der Waals surface area contributed by atoms with Gasteiger partial charge in [-0.25, -0.2) is 4.79 Å². The molecule has 0 aromatic carbocycles. The van der Waals surface area contributed by atoms with Crippen LogP contribution in [0.3, 0.4) is 0 Å². The van der Waals surface area contributed by atoms with E-state index in [1.165, 1.54) is 6.42 Å². The highest BCUT2D eigenvalue weighted by Gasteiger charge is 2.36. The Bertz CT molecular complexity index is 392. The zero-order valence-corrected chi connectivity index (χ0v) is 14.1. The minimum atomic E-state index is -2.51. The maximum Gasteiger partial charge on any atom is 0.513 e. The summed E-state index contributed by atoms with van der Waals surface area (Å²) in [4.78, 5) is 21.1. The molecule has 0 aliphatic heterocycles. The van der Waals surface area contributed by atoms with Crippen molar-refractivity contribution >= 4 is 14.0 Å². The number of aliphatic carboxylic acids is 1. The first-order valence-electron chi connectivity index (χ1n) is 8.36. The molecule has 22 heavy (non-hydrogen) atoms. The fourth-order valence-corrected chi connectivity index (χ4v) is 3.94. The maximum atomic E-state index is 11.6. The third-order valence-corrected chi connectivity index (χ3v) is 5.44. The average Bonchev–Trinajstić information content (AvgIpc) is 2.49. The standard InChI is InChI=1S/C16H28NO4P/c17-11-7-2-1-6-10-15(22(20)21)14(16(18)19)12-13-8-4-3-5-9-13/h12-13,15H,1-11,17H2,(H-,18,19,20,21)/p+1/b14-12+. The van der Waals surface area contributed by atoms with Gasteiger partial charge in [0, 0.05) is 6.42 Å². The third kappa shape index (κ3) is 6.99. The molecule has 0 heterocycles. The Balaban J connectivity index is 2.67. The summed E-state index contributed by atoms with van der Waals surface area (Å²) in [5.74, 6) is -0.801. The summed E-state index contributed by atoms with van der Waals surface area (Å²) >= 11 is 0. The van der Waals surface area contributed by atoms with E-state index in [0.29, 0.717) is 13.0 Å². The Morgan fingerprint density at radius 2 is 1.82 bits per heavy atom. The summed E-state index contributed by atoms with van der Waals surface area (Å²) in [6.07, 6.45) is 11.2. The lowest BCUT2D eigenvalue weighted by Gasteiger charge is -2.19. The van der Waals surface area contributed by atoms with Crippen LogP contribution in [0.2, 0.25) is 0 Å². The number of rotatable bonds is 10. The van der Waals surface area contributed by atoms with E-state index in [0.717, 1.165) is 51.4 Å². The van der Waals surface area contributed by atoms with E-state index in [9.17, 15) is 19.4 Å². The van der Waals surface area contributed by atoms with Gasteiger partial charge in [0.15, 0.2) is 0 Å². The van der Waals surface area contributed by atoms with Gasteiger partial charge in [-0.2, -0.15) is 4.89 Å². The second-order valence-corrected chi connectivity index (χ2v) is 7.36. The van der Waals surface area contributed by atoms with Gasteiger partial charge in [-0.3, -0.25) is 0 Å². The van der Waals surface area contributed by atoms with E-state index in [1.807, 2.05) is 0 Å². The molecule has 0 saturated heterocycles. The average molecular weight is 330 g/mol. The minimum absolute atomic E-state index is 0.148. The van der Waals surface area contributed by atoms with Gasteiger partial charge in [0.25, 0.3) is 0 Å². The predicted octanol–water partition coefficient (Wildman–Crippen LogP) is 3.59. The normalized spacial score (nSPS) is 19.0. The zero-order valence-electron chi connectivity index (χ0n) is 13.2. The Morgan fingerprint density at radius 1 is 1.18 bits per heavy atom. The smallest absolute Gasteiger partial charge is 0.478 e. The van der Waals surface area contributed by atoms with Gasteiger partial charge in [0.2, 0.25) is 5.66 Å². The van der Waals surface area contributed by atoms with Crippen molar-refractivity contribution in [2.24, 2.45) is 11.7 Å². The van der Waals surface area contributed by atoms with Crippen LogP contribution in [0.1, 0.15) is 64.2 Å². The molecule has 0 radical (unpaired) electrons. The van der Waals surface area contributed by atoms with Gasteiger partial charge >= 0.3 is 14.0 Å². The van der Waals surface area contributed by atoms with Gasteiger partial charge < -0.3 is 10.8 Å². The van der Waals surface area contributed by atoms with E-state index < -0.39 is 19.7 Å². The van der Waals surface area contributed by atoms with E-state index >= 15 is 0 Å². The van der Waals surface area contributed by atoms with Crippen molar-refractivity contribution in [3.63, 3.8) is 0 Å². The highest BCUT2D eigenvalue weighted by Crippen LogP contribution is 2.36. The summed E-state index contributed by atoms with van der Waals surface area (Å²) in [5, 5.41) is 9.44. The molecule has 126 valence electrons. The van der Waals surface area contributed by atoms with Crippen molar-refractivity contribution in [1.29, 1.82) is 0 Å². The van der Waals surface area contributed by atoms with Gasteiger partial charge in [-0.15, -0.1) is 0 Å². The van der Waals surface area contributed by atoms with Crippen LogP contribution in [-0.4, -0.2) is 28.2 Å². The van der Waals surface area contributed by atoms with Crippen LogP contribution in [0.25, 0.3) is 0 Å². The van der Waals surface area contributed by atoms with Crippen molar-refractivity contribution in [2.45, 2.75) is 69.9 Å². The fraction of sp³-hybridized carbons (Fsp3) is 0.812. The monoisotopic (exact) mass is 330 g/mol. The van der Waals surface area contributed by atoms with Crippen molar-refractivity contribution in [3.05, 3.63) is 11.6 Å². The second kappa shape index (κ2) is 10.9. The van der Waals surface area contributed by atoms with Gasteiger partial charge in [-0.05, 0) is 42.7 Å². The number of nitrogens with two attached hydrogens (primary N) is 1. The predicted molar refractivity (Wildman–Crippen MR) is 88.0 cm³/mol. The molecule has 0 aromatic heterocycles. The zero-order chi connectivity index (χ0) is 16.4. The fourth-order valence-electron chi connectivity index (χ4n) is 3.10. The summed E-state index contributed by atoms with van der Waals surface area (Å²) < 4.78 is 11.6. The molecule has 1 aliphatic rings. The van der Waals surface area contributed by atoms with Crippen LogP contribution in [-0.2, 0) is 9.36 Å². The molecule has 2 atom stereocenters. The number of hydrogen-bond acceptors (Lipinski definition) is 3. The number of carbonyl (C=O) groups is 1. The topological polar surface area (TPSA) is 101 Å². The summed E-state index contributed by atoms with van der Waals surface area (Å²) in [5.41, 5.74) is 4.84. The van der Waals surface area contributed by atoms with E-state index in [1.54, 1.807) is 6.08 Å². The molecular formula is C16H29NO4P+. The van der Waals surface area contributed by atoms with Crippen LogP contribution >= 0.6 is 8.03 Å². The first-order chi connectivity index (χ1) is 10.6. The largest absolute Gasteiger partial charge is 0.513 e. The van der Waals surface area contributed by atoms with Crippen LogP contribution in [0, 0.1) is 5.92 Å². The summed E-state index contributed by atoms with van der Waals surface area (Å²) in [6, 6.07) is 0. The quantitative estimate of drug-likeness (QED) is 0.323. The molecule has 0 amide bonds. The molecule has 2 unspecified atom stereocenters. The Labute approximate surface area is 133 Å².